The van der Waals surface area contributed by atoms with Crippen molar-refractivity contribution >= 4 is 22.8 Å². The van der Waals surface area contributed by atoms with E-state index < -0.39 is 0 Å². The van der Waals surface area contributed by atoms with Gasteiger partial charge in [0, 0.05) is 12.1 Å². The highest BCUT2D eigenvalue weighted by Gasteiger charge is 2.22. The van der Waals surface area contributed by atoms with Crippen molar-refractivity contribution in [2.24, 2.45) is 5.10 Å². The summed E-state index contributed by atoms with van der Waals surface area (Å²) in [6, 6.07) is 9.61. The molecule has 1 heterocycles. The molecule has 0 fully saturated rings. The van der Waals surface area contributed by atoms with Crippen molar-refractivity contribution in [1.82, 2.24) is 10.3 Å². The molecule has 1 aromatic rings. The topological polar surface area (TPSA) is 44.7 Å². The summed E-state index contributed by atoms with van der Waals surface area (Å²) >= 11 is 1.45. The molecule has 16 heavy (non-hydrogen) atoms. The normalized spacial score (nSPS) is 14.8. The van der Waals surface area contributed by atoms with Crippen molar-refractivity contribution in [2.75, 3.05) is 6.54 Å². The molecule has 0 atom stereocenters. The van der Waals surface area contributed by atoms with Gasteiger partial charge in [-0.15, -0.1) is 0 Å². The van der Waals surface area contributed by atoms with E-state index in [0.29, 0.717) is 6.54 Å². The lowest BCUT2D eigenvalue weighted by molar-refractivity contribution is 0.216. The SMILES string of the molecule is CCNC(=O)N1[CH]SC(c2ccccc2)=N1. The molecular weight excluding hydrogens is 222 g/mol. The maximum atomic E-state index is 11.5. The molecule has 5 heteroatoms. The van der Waals surface area contributed by atoms with E-state index in [1.807, 2.05) is 37.3 Å². The molecular formula is C11H12N3OS. The van der Waals surface area contributed by atoms with Crippen LogP contribution >= 0.6 is 11.8 Å². The molecule has 2 amide bonds. The molecule has 0 unspecified atom stereocenters. The zero-order valence-electron chi connectivity index (χ0n) is 8.88. The zero-order chi connectivity index (χ0) is 11.4. The van der Waals surface area contributed by atoms with E-state index in [-0.39, 0.29) is 6.03 Å². The van der Waals surface area contributed by atoms with Crippen LogP contribution in [0.25, 0.3) is 0 Å². The maximum Gasteiger partial charge on any atom is 0.339 e. The van der Waals surface area contributed by atoms with Gasteiger partial charge in [-0.3, -0.25) is 0 Å². The van der Waals surface area contributed by atoms with Crippen LogP contribution in [-0.4, -0.2) is 22.6 Å². The number of hydrogen-bond acceptors (Lipinski definition) is 3. The van der Waals surface area contributed by atoms with Gasteiger partial charge in [0.15, 0.2) is 0 Å². The van der Waals surface area contributed by atoms with Gasteiger partial charge < -0.3 is 5.32 Å². The van der Waals surface area contributed by atoms with Crippen molar-refractivity contribution in [1.29, 1.82) is 0 Å². The molecule has 4 nitrogen and oxygen atoms in total. The molecule has 1 aliphatic heterocycles. The number of hydrogen-bond donors (Lipinski definition) is 1. The van der Waals surface area contributed by atoms with Crippen molar-refractivity contribution in [2.45, 2.75) is 6.92 Å². The van der Waals surface area contributed by atoms with Crippen LogP contribution in [0.2, 0.25) is 0 Å². The highest BCUT2D eigenvalue weighted by atomic mass is 32.2. The largest absolute Gasteiger partial charge is 0.339 e. The average Bonchev–Trinajstić information content (AvgIpc) is 2.80. The Bertz CT molecular complexity index is 405. The summed E-state index contributed by atoms with van der Waals surface area (Å²) in [5, 5.41) is 9.09. The van der Waals surface area contributed by atoms with Gasteiger partial charge in [-0.25, -0.2) is 4.79 Å². The molecule has 0 aromatic heterocycles. The third kappa shape index (κ3) is 2.36. The first-order chi connectivity index (χ1) is 7.81. The summed E-state index contributed by atoms with van der Waals surface area (Å²) in [4.78, 5) is 11.5. The first kappa shape index (κ1) is 11.0. The third-order valence-corrected chi connectivity index (χ3v) is 2.87. The molecule has 1 aromatic carbocycles. The number of thioether (sulfide) groups is 1. The number of amides is 2. The second kappa shape index (κ2) is 5.03. The van der Waals surface area contributed by atoms with Gasteiger partial charge >= 0.3 is 6.03 Å². The number of benzene rings is 1. The van der Waals surface area contributed by atoms with E-state index in [4.69, 9.17) is 0 Å². The number of nitrogens with zero attached hydrogens (tertiary/aromatic N) is 2. The Balaban J connectivity index is 2.09. The molecule has 83 valence electrons. The molecule has 1 aliphatic rings. The Kier molecular flexibility index (Phi) is 3.46. The summed E-state index contributed by atoms with van der Waals surface area (Å²) in [5.41, 5.74) is 1.02. The van der Waals surface area contributed by atoms with Crippen molar-refractivity contribution in [3.63, 3.8) is 0 Å². The van der Waals surface area contributed by atoms with E-state index in [2.05, 4.69) is 10.4 Å². The van der Waals surface area contributed by atoms with Crippen LogP contribution < -0.4 is 5.32 Å². The second-order valence-electron chi connectivity index (χ2n) is 3.17. The number of urea groups is 1. The van der Waals surface area contributed by atoms with E-state index in [1.165, 1.54) is 16.8 Å². The Morgan fingerprint density at radius 3 is 2.88 bits per heavy atom. The number of rotatable bonds is 2. The molecule has 1 N–H and O–H groups in total. The predicted octanol–water partition coefficient (Wildman–Crippen LogP) is 2.25. The summed E-state index contributed by atoms with van der Waals surface area (Å²) in [6.07, 6.45) is 0. The van der Waals surface area contributed by atoms with Gasteiger partial charge in [0.05, 0.1) is 0 Å². The van der Waals surface area contributed by atoms with E-state index in [9.17, 15) is 4.79 Å². The Morgan fingerprint density at radius 1 is 1.44 bits per heavy atom. The minimum Gasteiger partial charge on any atom is -0.337 e. The maximum absolute atomic E-state index is 11.5. The van der Waals surface area contributed by atoms with E-state index in [0.717, 1.165) is 10.6 Å². The number of nitrogens with one attached hydrogen (secondary N) is 1. The van der Waals surface area contributed by atoms with Crippen LogP contribution in [0.1, 0.15) is 12.5 Å². The van der Waals surface area contributed by atoms with E-state index in [1.54, 1.807) is 5.88 Å². The number of carbonyl (C=O) groups excluding carboxylic acids is 1. The minimum absolute atomic E-state index is 0.194. The van der Waals surface area contributed by atoms with Gasteiger partial charge in [0.1, 0.15) is 10.9 Å². The summed E-state index contributed by atoms with van der Waals surface area (Å²) in [6.45, 7) is 2.48. The van der Waals surface area contributed by atoms with Crippen LogP contribution in [0.4, 0.5) is 4.79 Å². The minimum atomic E-state index is -0.194. The molecule has 0 saturated carbocycles. The average molecular weight is 234 g/mol. The second-order valence-corrected chi connectivity index (χ2v) is 4.01. The monoisotopic (exact) mass is 234 g/mol. The lowest BCUT2D eigenvalue weighted by Crippen LogP contribution is -2.32. The Labute approximate surface area is 98.7 Å². The van der Waals surface area contributed by atoms with Crippen LogP contribution in [0.15, 0.2) is 35.4 Å². The van der Waals surface area contributed by atoms with Crippen molar-refractivity contribution in [3.8, 4) is 0 Å². The van der Waals surface area contributed by atoms with Gasteiger partial charge in [-0.05, 0) is 6.92 Å². The molecule has 0 spiro atoms. The highest BCUT2D eigenvalue weighted by Crippen LogP contribution is 2.25. The quantitative estimate of drug-likeness (QED) is 0.853. The fourth-order valence-corrected chi connectivity index (χ4v) is 2.03. The van der Waals surface area contributed by atoms with Crippen LogP contribution in [-0.2, 0) is 0 Å². The predicted molar refractivity (Wildman–Crippen MR) is 65.8 cm³/mol. The lowest BCUT2D eigenvalue weighted by atomic mass is 10.2. The number of carbonyl (C=O) groups is 1. The lowest BCUT2D eigenvalue weighted by Gasteiger charge is -2.09. The fourth-order valence-electron chi connectivity index (χ4n) is 1.28. The summed E-state index contributed by atoms with van der Waals surface area (Å²) < 4.78 is 0. The molecule has 0 aliphatic carbocycles. The smallest absolute Gasteiger partial charge is 0.337 e. The van der Waals surface area contributed by atoms with Crippen LogP contribution in [0.5, 0.6) is 0 Å². The van der Waals surface area contributed by atoms with Crippen molar-refractivity contribution in [3.05, 3.63) is 41.8 Å². The summed E-state index contributed by atoms with van der Waals surface area (Å²) in [7, 11) is 0. The van der Waals surface area contributed by atoms with E-state index >= 15 is 0 Å². The van der Waals surface area contributed by atoms with Crippen LogP contribution in [0.3, 0.4) is 0 Å². The molecule has 0 bridgehead atoms. The first-order valence-electron chi connectivity index (χ1n) is 5.02. The van der Waals surface area contributed by atoms with Gasteiger partial charge in [0.25, 0.3) is 0 Å². The Morgan fingerprint density at radius 2 is 2.19 bits per heavy atom. The van der Waals surface area contributed by atoms with Gasteiger partial charge in [-0.2, -0.15) is 10.1 Å². The summed E-state index contributed by atoms with van der Waals surface area (Å²) in [5.74, 6) is 1.70. The van der Waals surface area contributed by atoms with Gasteiger partial charge in [0.2, 0.25) is 0 Å². The first-order valence-corrected chi connectivity index (χ1v) is 5.90. The molecule has 1 radical (unpaired) electrons. The Hall–Kier alpha value is -1.49. The third-order valence-electron chi connectivity index (χ3n) is 2.02. The fraction of sp³-hybridized carbons (Fsp3) is 0.182. The molecule has 0 saturated heterocycles. The highest BCUT2D eigenvalue weighted by molar-refractivity contribution is 8.16. The standard InChI is InChI=1S/C11H12N3OS/c1-2-12-11(15)14-8-16-10(13-14)9-6-4-3-5-7-9/h3-8H,2H2,1H3,(H,12,15). The van der Waals surface area contributed by atoms with Crippen molar-refractivity contribution < 1.29 is 4.79 Å². The van der Waals surface area contributed by atoms with Gasteiger partial charge in [-0.1, -0.05) is 42.1 Å². The number of hydrazone groups is 1. The van der Waals surface area contributed by atoms with Crippen LogP contribution in [0, 0.1) is 5.88 Å². The zero-order valence-corrected chi connectivity index (χ0v) is 9.70. The molecule has 2 rings (SSSR count).